The molecule has 1 aliphatic heterocycles. The summed E-state index contributed by atoms with van der Waals surface area (Å²) in [5, 5.41) is 2.87. The zero-order chi connectivity index (χ0) is 10.7. The van der Waals surface area contributed by atoms with Crippen LogP contribution in [-0.2, 0) is 4.79 Å². The third-order valence-corrected chi connectivity index (χ3v) is 3.37. The van der Waals surface area contributed by atoms with E-state index < -0.39 is 0 Å². The van der Waals surface area contributed by atoms with Gasteiger partial charge in [-0.25, -0.2) is 0 Å². The number of benzene rings is 1. The SMILES string of the molecule is COc1ccc([SH]=C2CCC(=O)N2)cc1. The summed E-state index contributed by atoms with van der Waals surface area (Å²) in [6, 6.07) is 7.88. The molecule has 1 aliphatic rings. The third-order valence-electron chi connectivity index (χ3n) is 2.21. The lowest BCUT2D eigenvalue weighted by atomic mass is 10.3. The molecule has 0 aliphatic carbocycles. The first-order valence-corrected chi connectivity index (χ1v) is 5.69. The summed E-state index contributed by atoms with van der Waals surface area (Å²) in [5.74, 6) is 0.986. The maximum absolute atomic E-state index is 11.0. The Bertz CT molecular complexity index is 398. The number of amides is 1. The van der Waals surface area contributed by atoms with E-state index >= 15 is 0 Å². The lowest BCUT2D eigenvalue weighted by Crippen LogP contribution is -2.18. The topological polar surface area (TPSA) is 38.3 Å². The molecule has 80 valence electrons. The number of hydrogen-bond acceptors (Lipinski definition) is 2. The average Bonchev–Trinajstić information content (AvgIpc) is 2.65. The molecule has 0 spiro atoms. The van der Waals surface area contributed by atoms with Crippen molar-refractivity contribution in [3.05, 3.63) is 24.3 Å². The smallest absolute Gasteiger partial charge is 0.224 e. The van der Waals surface area contributed by atoms with Crippen molar-refractivity contribution < 1.29 is 9.53 Å². The second kappa shape index (κ2) is 4.49. The van der Waals surface area contributed by atoms with Crippen molar-refractivity contribution in [2.24, 2.45) is 0 Å². The lowest BCUT2D eigenvalue weighted by molar-refractivity contribution is -0.118. The first-order chi connectivity index (χ1) is 7.28. The van der Waals surface area contributed by atoms with Crippen molar-refractivity contribution in [3.63, 3.8) is 0 Å². The normalized spacial score (nSPS) is 18.5. The molecule has 1 N–H and O–H groups in total. The van der Waals surface area contributed by atoms with E-state index in [1.54, 1.807) is 7.11 Å². The van der Waals surface area contributed by atoms with E-state index in [2.05, 4.69) is 5.32 Å². The van der Waals surface area contributed by atoms with Crippen LogP contribution in [0.2, 0.25) is 0 Å². The number of carbonyl (C=O) groups excluding carboxylic acids is 1. The standard InChI is InChI=1S/C11H13NO2S/c1-14-8-2-4-9(5-3-8)15-11-7-6-10(13)12-11/h2-5,15H,6-7H2,1H3,(H,12,13). The number of hydrogen-bond donors (Lipinski definition) is 2. The van der Waals surface area contributed by atoms with Crippen LogP contribution in [0.3, 0.4) is 0 Å². The van der Waals surface area contributed by atoms with E-state index in [-0.39, 0.29) is 5.91 Å². The third kappa shape index (κ3) is 2.59. The summed E-state index contributed by atoms with van der Waals surface area (Å²) in [4.78, 5) is 13.2. The highest BCUT2D eigenvalue weighted by Gasteiger charge is 2.13. The maximum Gasteiger partial charge on any atom is 0.224 e. The van der Waals surface area contributed by atoms with Crippen LogP contribution in [0.1, 0.15) is 12.8 Å². The molecule has 4 heteroatoms. The van der Waals surface area contributed by atoms with Gasteiger partial charge in [-0.15, -0.1) is 11.4 Å². The summed E-state index contributed by atoms with van der Waals surface area (Å²) in [5.41, 5.74) is 0. The zero-order valence-electron chi connectivity index (χ0n) is 8.49. The van der Waals surface area contributed by atoms with Crippen LogP contribution in [0, 0.1) is 0 Å². The van der Waals surface area contributed by atoms with Crippen LogP contribution >= 0.6 is 11.4 Å². The minimum Gasteiger partial charge on any atom is -0.497 e. The number of thiol groups is 1. The highest BCUT2D eigenvalue weighted by atomic mass is 32.1. The fourth-order valence-electron chi connectivity index (χ4n) is 1.41. The summed E-state index contributed by atoms with van der Waals surface area (Å²) in [6.07, 6.45) is 1.48. The molecule has 0 bridgehead atoms. The van der Waals surface area contributed by atoms with Gasteiger partial charge in [0.05, 0.1) is 7.11 Å². The van der Waals surface area contributed by atoms with Crippen molar-refractivity contribution in [1.29, 1.82) is 0 Å². The number of ether oxygens (including phenoxy) is 1. The second-order valence-corrected chi connectivity index (χ2v) is 4.58. The van der Waals surface area contributed by atoms with Gasteiger partial charge in [-0.2, -0.15) is 0 Å². The predicted molar refractivity (Wildman–Crippen MR) is 62.6 cm³/mol. The quantitative estimate of drug-likeness (QED) is 0.590. The predicted octanol–water partition coefficient (Wildman–Crippen LogP) is 1.56. The largest absolute Gasteiger partial charge is 0.497 e. The molecule has 1 saturated heterocycles. The summed E-state index contributed by atoms with van der Waals surface area (Å²) >= 11 is 1.09. The molecule has 0 saturated carbocycles. The van der Waals surface area contributed by atoms with Crippen molar-refractivity contribution in [1.82, 2.24) is 5.32 Å². The minimum atomic E-state index is 0.131. The number of carbonyl (C=O) groups is 1. The van der Waals surface area contributed by atoms with Gasteiger partial charge in [-0.1, -0.05) is 0 Å². The molecule has 3 nitrogen and oxygen atoms in total. The van der Waals surface area contributed by atoms with Crippen molar-refractivity contribution in [2.75, 3.05) is 7.11 Å². The highest BCUT2D eigenvalue weighted by Crippen LogP contribution is 2.19. The Hall–Kier alpha value is -1.29. The van der Waals surface area contributed by atoms with Crippen LogP contribution in [0.4, 0.5) is 0 Å². The summed E-state index contributed by atoms with van der Waals surface area (Å²) in [6.45, 7) is 0. The molecule has 1 fully saturated rings. The number of methoxy groups -OCH3 is 1. The molecular formula is C11H13NO2S. The van der Waals surface area contributed by atoms with E-state index in [4.69, 9.17) is 4.74 Å². The van der Waals surface area contributed by atoms with Gasteiger partial charge in [0, 0.05) is 22.7 Å². The second-order valence-electron chi connectivity index (χ2n) is 3.30. The molecule has 1 aromatic carbocycles. The van der Waals surface area contributed by atoms with Crippen molar-refractivity contribution in [2.45, 2.75) is 17.7 Å². The Morgan fingerprint density at radius 2 is 2.00 bits per heavy atom. The Labute approximate surface area is 92.4 Å². The van der Waals surface area contributed by atoms with Crippen LogP contribution in [0.5, 0.6) is 5.75 Å². The van der Waals surface area contributed by atoms with Gasteiger partial charge in [-0.3, -0.25) is 4.79 Å². The molecule has 0 unspecified atom stereocenters. The Morgan fingerprint density at radius 1 is 1.27 bits per heavy atom. The molecule has 0 radical (unpaired) electrons. The Kier molecular flexibility index (Phi) is 3.06. The van der Waals surface area contributed by atoms with E-state index in [1.807, 2.05) is 24.3 Å². The molecular weight excluding hydrogens is 210 g/mol. The molecule has 1 amide bonds. The van der Waals surface area contributed by atoms with Crippen LogP contribution in [-0.4, -0.2) is 18.0 Å². The maximum atomic E-state index is 11.0. The lowest BCUT2D eigenvalue weighted by Gasteiger charge is -2.01. The van der Waals surface area contributed by atoms with E-state index in [0.717, 1.165) is 28.5 Å². The van der Waals surface area contributed by atoms with E-state index in [0.29, 0.717) is 6.42 Å². The minimum absolute atomic E-state index is 0.131. The fourth-order valence-corrected chi connectivity index (χ4v) is 2.43. The van der Waals surface area contributed by atoms with Gasteiger partial charge in [0.15, 0.2) is 0 Å². The summed E-state index contributed by atoms with van der Waals surface area (Å²) < 4.78 is 5.08. The van der Waals surface area contributed by atoms with Crippen LogP contribution in [0.15, 0.2) is 29.2 Å². The number of rotatable bonds is 2. The average molecular weight is 223 g/mol. The molecule has 1 heterocycles. The van der Waals surface area contributed by atoms with Gasteiger partial charge >= 0.3 is 0 Å². The molecule has 0 atom stereocenters. The number of nitrogens with one attached hydrogen (secondary N) is 1. The molecule has 1 aromatic rings. The first-order valence-electron chi connectivity index (χ1n) is 4.79. The fraction of sp³-hybridized carbons (Fsp3) is 0.273. The van der Waals surface area contributed by atoms with Crippen LogP contribution in [0.25, 0.3) is 0 Å². The first kappa shape index (κ1) is 10.2. The monoisotopic (exact) mass is 223 g/mol. The van der Waals surface area contributed by atoms with Crippen LogP contribution < -0.4 is 10.1 Å². The molecule has 0 aromatic heterocycles. The zero-order valence-corrected chi connectivity index (χ0v) is 9.38. The van der Waals surface area contributed by atoms with E-state index in [1.165, 1.54) is 4.90 Å². The Morgan fingerprint density at radius 3 is 2.53 bits per heavy atom. The van der Waals surface area contributed by atoms with Gasteiger partial charge < -0.3 is 10.1 Å². The van der Waals surface area contributed by atoms with E-state index in [9.17, 15) is 4.79 Å². The van der Waals surface area contributed by atoms with Gasteiger partial charge in [0.2, 0.25) is 5.91 Å². The van der Waals surface area contributed by atoms with Gasteiger partial charge in [0.1, 0.15) is 5.75 Å². The van der Waals surface area contributed by atoms with Gasteiger partial charge in [-0.05, 0) is 24.3 Å². The highest BCUT2D eigenvalue weighted by molar-refractivity contribution is 7.98. The molecule has 2 rings (SSSR count). The van der Waals surface area contributed by atoms with Gasteiger partial charge in [0.25, 0.3) is 0 Å². The summed E-state index contributed by atoms with van der Waals surface area (Å²) in [7, 11) is 1.65. The Balaban J connectivity index is 2.13. The molecule has 15 heavy (non-hydrogen) atoms. The van der Waals surface area contributed by atoms with Crippen molar-refractivity contribution in [3.8, 4) is 5.75 Å². The van der Waals surface area contributed by atoms with Crippen molar-refractivity contribution >= 4 is 22.2 Å².